The van der Waals surface area contributed by atoms with Gasteiger partial charge >= 0.3 is 5.97 Å². The Morgan fingerprint density at radius 1 is 1.60 bits per heavy atom. The quantitative estimate of drug-likeness (QED) is 0.412. The number of fused-ring (bicyclic) bond motifs is 1. The molecule has 5 N–H and O–H groups in total. The van der Waals surface area contributed by atoms with Gasteiger partial charge in [-0.15, -0.1) is 0 Å². The summed E-state index contributed by atoms with van der Waals surface area (Å²) in [6.45, 7) is 0. The maximum atomic E-state index is 11.0. The zero-order valence-corrected chi connectivity index (χ0v) is 7.87. The highest BCUT2D eigenvalue weighted by Crippen LogP contribution is 2.64. The fraction of sp³-hybridized carbons (Fsp3) is 0.778. The topological polar surface area (TPSA) is 128 Å². The van der Waals surface area contributed by atoms with E-state index in [4.69, 9.17) is 26.3 Å². The van der Waals surface area contributed by atoms with Gasteiger partial charge in [0, 0.05) is 11.8 Å². The molecule has 0 aromatic heterocycles. The van der Waals surface area contributed by atoms with E-state index in [2.05, 4.69) is 0 Å². The van der Waals surface area contributed by atoms with Crippen molar-refractivity contribution in [1.29, 1.82) is 5.26 Å². The average molecular weight is 212 g/mol. The van der Waals surface area contributed by atoms with Gasteiger partial charge in [-0.3, -0.25) is 4.79 Å². The highest BCUT2D eigenvalue weighted by Gasteiger charge is 2.73. The zero-order valence-electron chi connectivity index (χ0n) is 7.87. The van der Waals surface area contributed by atoms with E-state index in [1.165, 1.54) is 0 Å². The molecule has 0 heterocycles. The van der Waals surface area contributed by atoms with Gasteiger partial charge in [-0.25, -0.2) is 0 Å². The summed E-state index contributed by atoms with van der Waals surface area (Å²) in [4.78, 5) is 11.0. The number of aliphatic hydroxyl groups excluding tert-OH is 1. The second kappa shape index (κ2) is 2.92. The number of carboxylic acid groups (broad SMARTS) is 1. The number of aliphatic carboxylic acids is 1. The molecule has 82 valence electrons. The molecule has 0 aromatic carbocycles. The Kier molecular flexibility index (Phi) is 2.01. The molecule has 0 amide bonds. The van der Waals surface area contributed by atoms with Gasteiger partial charge in [0.15, 0.2) is 6.29 Å². The number of carbonyl (C=O) groups is 1. The number of carboxylic acids is 1. The van der Waals surface area contributed by atoms with Gasteiger partial charge < -0.3 is 21.1 Å². The van der Waals surface area contributed by atoms with Crippen molar-refractivity contribution in [3.8, 4) is 6.07 Å². The van der Waals surface area contributed by atoms with Gasteiger partial charge in [-0.2, -0.15) is 5.26 Å². The minimum atomic E-state index is -1.58. The Bertz CT molecular complexity index is 351. The molecule has 0 radical (unpaired) electrons. The lowest BCUT2D eigenvalue weighted by atomic mass is 9.88. The van der Waals surface area contributed by atoms with Crippen LogP contribution in [0.4, 0.5) is 0 Å². The fourth-order valence-electron chi connectivity index (χ4n) is 2.95. The van der Waals surface area contributed by atoms with Gasteiger partial charge in [0.2, 0.25) is 0 Å². The van der Waals surface area contributed by atoms with Crippen LogP contribution in [0.15, 0.2) is 0 Å². The summed E-state index contributed by atoms with van der Waals surface area (Å²) >= 11 is 0. The molecule has 0 spiro atoms. The third kappa shape index (κ3) is 1.17. The van der Waals surface area contributed by atoms with E-state index in [1.54, 1.807) is 0 Å². The van der Waals surface area contributed by atoms with Gasteiger partial charge in [0.1, 0.15) is 5.54 Å². The molecule has 0 bridgehead atoms. The Labute approximate surface area is 85.9 Å². The van der Waals surface area contributed by atoms with Gasteiger partial charge in [-0.1, -0.05) is 0 Å². The molecular weight excluding hydrogens is 200 g/mol. The number of aliphatic hydroxyl groups is 2. The smallest absolute Gasteiger partial charge is 0.324 e. The Hall–Kier alpha value is -1.16. The van der Waals surface area contributed by atoms with Crippen LogP contribution in [0.25, 0.3) is 0 Å². The Morgan fingerprint density at radius 2 is 2.20 bits per heavy atom. The lowest BCUT2D eigenvalue weighted by Gasteiger charge is -2.23. The standard InChI is InChI=1S/C9H12N2O4/c10-2-3-1-9(11,8(14)15)6-4(3)5(6)7(12)13/h3-7,12-13H,1,11H2,(H,14,15). The van der Waals surface area contributed by atoms with Crippen LogP contribution in [0.5, 0.6) is 0 Å². The molecule has 2 aliphatic rings. The van der Waals surface area contributed by atoms with E-state index in [-0.39, 0.29) is 12.3 Å². The van der Waals surface area contributed by atoms with Crippen molar-refractivity contribution in [3.05, 3.63) is 0 Å². The van der Waals surface area contributed by atoms with E-state index in [9.17, 15) is 4.79 Å². The van der Waals surface area contributed by atoms with Crippen molar-refractivity contribution in [3.63, 3.8) is 0 Å². The first-order valence-corrected chi connectivity index (χ1v) is 4.71. The summed E-state index contributed by atoms with van der Waals surface area (Å²) < 4.78 is 0. The number of hydrogen-bond donors (Lipinski definition) is 4. The third-order valence-electron chi connectivity index (χ3n) is 3.66. The van der Waals surface area contributed by atoms with Crippen molar-refractivity contribution >= 4 is 5.97 Å². The highest BCUT2D eigenvalue weighted by molar-refractivity contribution is 5.81. The van der Waals surface area contributed by atoms with Crippen molar-refractivity contribution in [1.82, 2.24) is 0 Å². The third-order valence-corrected chi connectivity index (χ3v) is 3.66. The van der Waals surface area contributed by atoms with E-state index >= 15 is 0 Å². The second-order valence-electron chi connectivity index (χ2n) is 4.38. The molecular formula is C9H12N2O4. The van der Waals surface area contributed by atoms with E-state index in [0.29, 0.717) is 0 Å². The van der Waals surface area contributed by atoms with Crippen LogP contribution in [0.1, 0.15) is 6.42 Å². The van der Waals surface area contributed by atoms with Crippen LogP contribution in [0.3, 0.4) is 0 Å². The summed E-state index contributed by atoms with van der Waals surface area (Å²) in [6.07, 6.45) is -1.49. The average Bonchev–Trinajstić information content (AvgIpc) is 2.82. The fourth-order valence-corrected chi connectivity index (χ4v) is 2.95. The first-order chi connectivity index (χ1) is 6.93. The van der Waals surface area contributed by atoms with Crippen LogP contribution in [-0.2, 0) is 4.79 Å². The maximum Gasteiger partial charge on any atom is 0.324 e. The number of nitriles is 1. The molecule has 5 unspecified atom stereocenters. The summed E-state index contributed by atoms with van der Waals surface area (Å²) in [7, 11) is 0. The van der Waals surface area contributed by atoms with Crippen molar-refractivity contribution in [2.24, 2.45) is 29.4 Å². The first-order valence-electron chi connectivity index (χ1n) is 4.71. The maximum absolute atomic E-state index is 11.0. The lowest BCUT2D eigenvalue weighted by Crippen LogP contribution is -2.50. The highest BCUT2D eigenvalue weighted by atomic mass is 16.5. The minimum Gasteiger partial charge on any atom is -0.480 e. The Balaban J connectivity index is 2.27. The zero-order chi connectivity index (χ0) is 11.4. The molecule has 15 heavy (non-hydrogen) atoms. The van der Waals surface area contributed by atoms with Gasteiger partial charge in [0.05, 0.1) is 12.0 Å². The van der Waals surface area contributed by atoms with Crippen molar-refractivity contribution in [2.45, 2.75) is 18.2 Å². The van der Waals surface area contributed by atoms with Gasteiger partial charge in [0.25, 0.3) is 0 Å². The minimum absolute atomic E-state index is 0.0946. The molecule has 2 rings (SSSR count). The number of nitrogens with zero attached hydrogens (tertiary/aromatic N) is 1. The lowest BCUT2D eigenvalue weighted by molar-refractivity contribution is -0.145. The van der Waals surface area contributed by atoms with Crippen LogP contribution in [-0.4, -0.2) is 33.1 Å². The summed E-state index contributed by atoms with van der Waals surface area (Å²) in [6, 6.07) is 1.98. The summed E-state index contributed by atoms with van der Waals surface area (Å²) in [5.74, 6) is -2.98. The summed E-state index contributed by atoms with van der Waals surface area (Å²) in [5.41, 5.74) is 4.24. The first kappa shape index (κ1) is 10.4. The summed E-state index contributed by atoms with van der Waals surface area (Å²) in [5, 5.41) is 35.8. The monoisotopic (exact) mass is 212 g/mol. The van der Waals surface area contributed by atoms with E-state index < -0.39 is 35.6 Å². The van der Waals surface area contributed by atoms with Crippen molar-refractivity contribution in [2.75, 3.05) is 0 Å². The van der Waals surface area contributed by atoms with Crippen molar-refractivity contribution < 1.29 is 20.1 Å². The number of rotatable bonds is 2. The van der Waals surface area contributed by atoms with Crippen LogP contribution < -0.4 is 5.73 Å². The van der Waals surface area contributed by atoms with Crippen LogP contribution in [0, 0.1) is 35.0 Å². The molecule has 0 saturated heterocycles. The molecule has 0 aliphatic heterocycles. The Morgan fingerprint density at radius 3 is 2.60 bits per heavy atom. The molecule has 6 nitrogen and oxygen atoms in total. The molecule has 6 heteroatoms. The van der Waals surface area contributed by atoms with E-state index in [0.717, 1.165) is 0 Å². The van der Waals surface area contributed by atoms with E-state index in [1.807, 2.05) is 6.07 Å². The predicted molar refractivity (Wildman–Crippen MR) is 47.0 cm³/mol. The largest absolute Gasteiger partial charge is 0.480 e. The SMILES string of the molecule is N#CC1CC(N)(C(=O)O)C2C(C(O)O)C12. The predicted octanol–water partition coefficient (Wildman–Crippen LogP) is -1.52. The molecule has 0 aromatic rings. The normalized spacial score (nSPS) is 47.4. The molecule has 2 aliphatic carbocycles. The number of nitrogens with two attached hydrogens (primary N) is 1. The number of hydrogen-bond acceptors (Lipinski definition) is 5. The molecule has 2 fully saturated rings. The second-order valence-corrected chi connectivity index (χ2v) is 4.38. The van der Waals surface area contributed by atoms with Crippen LogP contribution >= 0.6 is 0 Å². The molecule has 2 saturated carbocycles. The van der Waals surface area contributed by atoms with Gasteiger partial charge in [-0.05, 0) is 12.3 Å². The van der Waals surface area contributed by atoms with Crippen LogP contribution in [0.2, 0.25) is 0 Å². The molecule has 5 atom stereocenters.